The Morgan fingerprint density at radius 2 is 1.33 bits per heavy atom. The summed E-state index contributed by atoms with van der Waals surface area (Å²) in [6.45, 7) is 1.80. The molecule has 102 valence electrons. The molecule has 0 aliphatic carbocycles. The topological polar surface area (TPSA) is 4.93 Å². The maximum absolute atomic E-state index is 13.6. The Hall–Kier alpha value is -2.61. The van der Waals surface area contributed by atoms with Crippen molar-refractivity contribution in [3.63, 3.8) is 0 Å². The second-order valence-corrected chi connectivity index (χ2v) is 5.30. The van der Waals surface area contributed by atoms with Gasteiger partial charge in [-0.25, -0.2) is 4.39 Å². The minimum Gasteiger partial charge on any atom is -0.309 e. The maximum Gasteiger partial charge on any atom is 0.126 e. The molecule has 0 atom stereocenters. The molecule has 0 saturated carbocycles. The van der Waals surface area contributed by atoms with E-state index in [-0.39, 0.29) is 5.82 Å². The standard InChI is InChI=1S/C19H14FN/c1-13-12-14(10-11-17(13)20)21-18-8-4-2-6-15(18)16-7-3-5-9-19(16)21/h2-12H,1H3. The smallest absolute Gasteiger partial charge is 0.126 e. The highest BCUT2D eigenvalue weighted by atomic mass is 19.1. The van der Waals surface area contributed by atoms with Crippen molar-refractivity contribution >= 4 is 21.8 Å². The molecule has 1 aromatic heterocycles. The van der Waals surface area contributed by atoms with Crippen molar-refractivity contribution in [1.82, 2.24) is 4.57 Å². The summed E-state index contributed by atoms with van der Waals surface area (Å²) in [6, 6.07) is 21.9. The molecule has 0 unspecified atom stereocenters. The van der Waals surface area contributed by atoms with E-state index in [0.717, 1.165) is 16.7 Å². The van der Waals surface area contributed by atoms with Gasteiger partial charge >= 0.3 is 0 Å². The lowest BCUT2D eigenvalue weighted by Crippen LogP contribution is -1.95. The average Bonchev–Trinajstić information content (AvgIpc) is 2.85. The van der Waals surface area contributed by atoms with E-state index in [1.807, 2.05) is 24.3 Å². The van der Waals surface area contributed by atoms with Crippen LogP contribution < -0.4 is 0 Å². The van der Waals surface area contributed by atoms with E-state index >= 15 is 0 Å². The summed E-state index contributed by atoms with van der Waals surface area (Å²) in [5, 5.41) is 2.44. The average molecular weight is 275 g/mol. The number of aromatic nitrogens is 1. The number of hydrogen-bond acceptors (Lipinski definition) is 0. The number of halogens is 1. The second kappa shape index (κ2) is 4.45. The van der Waals surface area contributed by atoms with Crippen LogP contribution in [0.1, 0.15) is 5.56 Å². The van der Waals surface area contributed by atoms with Gasteiger partial charge in [-0.15, -0.1) is 0 Å². The maximum atomic E-state index is 13.6. The number of para-hydroxylation sites is 2. The van der Waals surface area contributed by atoms with Crippen LogP contribution in [0.4, 0.5) is 4.39 Å². The van der Waals surface area contributed by atoms with Gasteiger partial charge in [0.1, 0.15) is 5.82 Å². The molecule has 3 aromatic carbocycles. The minimum absolute atomic E-state index is 0.167. The Labute approximate surface area is 122 Å². The van der Waals surface area contributed by atoms with Crippen molar-refractivity contribution in [2.45, 2.75) is 6.92 Å². The first-order valence-corrected chi connectivity index (χ1v) is 7.00. The molecule has 1 heterocycles. The Bertz CT molecular complexity index is 913. The zero-order chi connectivity index (χ0) is 14.4. The summed E-state index contributed by atoms with van der Waals surface area (Å²) in [5.74, 6) is -0.167. The molecule has 4 rings (SSSR count). The monoisotopic (exact) mass is 275 g/mol. The number of rotatable bonds is 1. The number of fused-ring (bicyclic) bond motifs is 3. The Kier molecular flexibility index (Phi) is 2.58. The predicted molar refractivity (Wildman–Crippen MR) is 85.5 cm³/mol. The molecule has 0 amide bonds. The van der Waals surface area contributed by atoms with Crippen LogP contribution in [0.5, 0.6) is 0 Å². The second-order valence-electron chi connectivity index (χ2n) is 5.30. The van der Waals surface area contributed by atoms with E-state index in [4.69, 9.17) is 0 Å². The fourth-order valence-corrected chi connectivity index (χ4v) is 2.97. The normalized spacial score (nSPS) is 11.3. The van der Waals surface area contributed by atoms with Gasteiger partial charge in [-0.2, -0.15) is 0 Å². The van der Waals surface area contributed by atoms with Crippen LogP contribution in [0.25, 0.3) is 27.5 Å². The van der Waals surface area contributed by atoms with Crippen molar-refractivity contribution in [3.8, 4) is 5.69 Å². The van der Waals surface area contributed by atoms with Crippen LogP contribution in [-0.2, 0) is 0 Å². The van der Waals surface area contributed by atoms with Gasteiger partial charge in [0, 0.05) is 16.5 Å². The summed E-state index contributed by atoms with van der Waals surface area (Å²) in [4.78, 5) is 0. The zero-order valence-corrected chi connectivity index (χ0v) is 11.7. The van der Waals surface area contributed by atoms with Crippen molar-refractivity contribution in [2.24, 2.45) is 0 Å². The summed E-state index contributed by atoms with van der Waals surface area (Å²) < 4.78 is 15.8. The van der Waals surface area contributed by atoms with Gasteiger partial charge in [0.05, 0.1) is 11.0 Å². The summed E-state index contributed by atoms with van der Waals surface area (Å²) in [5.41, 5.74) is 3.94. The fourth-order valence-electron chi connectivity index (χ4n) is 2.97. The van der Waals surface area contributed by atoms with E-state index in [1.54, 1.807) is 6.92 Å². The van der Waals surface area contributed by atoms with Crippen molar-refractivity contribution in [2.75, 3.05) is 0 Å². The molecule has 0 N–H and O–H groups in total. The zero-order valence-electron chi connectivity index (χ0n) is 11.7. The number of aryl methyl sites for hydroxylation is 1. The van der Waals surface area contributed by atoms with Crippen LogP contribution >= 0.6 is 0 Å². The molecule has 0 aliphatic rings. The van der Waals surface area contributed by atoms with E-state index in [0.29, 0.717) is 5.56 Å². The lowest BCUT2D eigenvalue weighted by molar-refractivity contribution is 0.618. The minimum atomic E-state index is -0.167. The molecule has 2 heteroatoms. The molecule has 4 aromatic rings. The van der Waals surface area contributed by atoms with Gasteiger partial charge in [0.25, 0.3) is 0 Å². The lowest BCUT2D eigenvalue weighted by Gasteiger charge is -2.09. The molecule has 21 heavy (non-hydrogen) atoms. The first-order valence-electron chi connectivity index (χ1n) is 7.00. The van der Waals surface area contributed by atoms with E-state index in [9.17, 15) is 4.39 Å². The van der Waals surface area contributed by atoms with Gasteiger partial charge in [-0.05, 0) is 42.8 Å². The van der Waals surface area contributed by atoms with Crippen molar-refractivity contribution in [3.05, 3.63) is 78.1 Å². The van der Waals surface area contributed by atoms with Crippen LogP contribution in [0, 0.1) is 12.7 Å². The van der Waals surface area contributed by atoms with Gasteiger partial charge in [0.15, 0.2) is 0 Å². The predicted octanol–water partition coefficient (Wildman–Crippen LogP) is 5.23. The molecule has 0 saturated heterocycles. The third-order valence-electron chi connectivity index (χ3n) is 3.98. The van der Waals surface area contributed by atoms with Gasteiger partial charge in [-0.3, -0.25) is 0 Å². The summed E-state index contributed by atoms with van der Waals surface area (Å²) in [7, 11) is 0. The number of benzene rings is 3. The summed E-state index contributed by atoms with van der Waals surface area (Å²) in [6.07, 6.45) is 0. The molecule has 0 radical (unpaired) electrons. The van der Waals surface area contributed by atoms with E-state index < -0.39 is 0 Å². The number of nitrogens with zero attached hydrogens (tertiary/aromatic N) is 1. The third-order valence-corrected chi connectivity index (χ3v) is 3.98. The Morgan fingerprint density at radius 3 is 1.90 bits per heavy atom. The van der Waals surface area contributed by atoms with Crippen LogP contribution in [0.15, 0.2) is 66.7 Å². The van der Waals surface area contributed by atoms with Gasteiger partial charge in [0.2, 0.25) is 0 Å². The Balaban J connectivity index is 2.17. The highest BCUT2D eigenvalue weighted by Crippen LogP contribution is 2.31. The first kappa shape index (κ1) is 12.2. The molecule has 1 nitrogen and oxygen atoms in total. The molecular weight excluding hydrogens is 261 g/mol. The van der Waals surface area contributed by atoms with Crippen LogP contribution in [0.3, 0.4) is 0 Å². The third kappa shape index (κ3) is 1.76. The van der Waals surface area contributed by atoms with E-state index in [1.165, 1.54) is 16.8 Å². The number of hydrogen-bond donors (Lipinski definition) is 0. The molecule has 0 fully saturated rings. The van der Waals surface area contributed by atoms with Crippen LogP contribution in [-0.4, -0.2) is 4.57 Å². The molecule has 0 spiro atoms. The molecule has 0 bridgehead atoms. The lowest BCUT2D eigenvalue weighted by atomic mass is 10.2. The van der Waals surface area contributed by atoms with Gasteiger partial charge < -0.3 is 4.57 Å². The molecular formula is C19H14FN. The highest BCUT2D eigenvalue weighted by molar-refractivity contribution is 6.09. The van der Waals surface area contributed by atoms with Crippen molar-refractivity contribution < 1.29 is 4.39 Å². The van der Waals surface area contributed by atoms with Gasteiger partial charge in [-0.1, -0.05) is 36.4 Å². The Morgan fingerprint density at radius 1 is 0.762 bits per heavy atom. The first-order chi connectivity index (χ1) is 10.3. The SMILES string of the molecule is Cc1cc(-n2c3ccccc3c3ccccc32)ccc1F. The van der Waals surface area contributed by atoms with E-state index in [2.05, 4.69) is 41.0 Å². The summed E-state index contributed by atoms with van der Waals surface area (Å²) >= 11 is 0. The molecule has 0 aliphatic heterocycles. The fraction of sp³-hybridized carbons (Fsp3) is 0.0526. The van der Waals surface area contributed by atoms with Crippen molar-refractivity contribution in [1.29, 1.82) is 0 Å². The largest absolute Gasteiger partial charge is 0.309 e. The quantitative estimate of drug-likeness (QED) is 0.448. The van der Waals surface area contributed by atoms with Crippen LogP contribution in [0.2, 0.25) is 0 Å². The highest BCUT2D eigenvalue weighted by Gasteiger charge is 2.11.